The number of hydrogen-bond donors (Lipinski definition) is 0. The van der Waals surface area contributed by atoms with Crippen LogP contribution in [0.1, 0.15) is 0 Å². The Morgan fingerprint density at radius 2 is 2.33 bits per heavy atom. The molecule has 0 aromatic carbocycles. The second-order valence-corrected chi connectivity index (χ2v) is 0.936. The van der Waals surface area contributed by atoms with Crippen molar-refractivity contribution in [1.82, 2.24) is 20.6 Å². The summed E-state index contributed by atoms with van der Waals surface area (Å²) >= 11 is 0. The van der Waals surface area contributed by atoms with Crippen LogP contribution in [0.2, 0.25) is 0 Å². The van der Waals surface area contributed by atoms with E-state index in [-0.39, 0.29) is 29.6 Å². The Balaban J connectivity index is 0.000000640. The monoisotopic (exact) mass is 137 g/mol. The fraction of sp³-hybridized carbons (Fsp3) is 0. The summed E-state index contributed by atoms with van der Waals surface area (Å²) in [6.45, 7) is 0. The molecule has 0 N–H and O–H groups in total. The molecule has 0 saturated heterocycles. The average Bonchev–Trinajstić information content (AvgIpc) is 2.12. The van der Waals surface area contributed by atoms with Gasteiger partial charge in [-0.05, 0) is 10.4 Å². The van der Waals surface area contributed by atoms with Crippen molar-refractivity contribution in [3.05, 3.63) is 10.1 Å². The van der Waals surface area contributed by atoms with E-state index in [1.807, 2.05) is 0 Å². The van der Waals surface area contributed by atoms with Gasteiger partial charge in [0.2, 0.25) is 0 Å². The molecule has 9 heavy (non-hydrogen) atoms. The Hall–Kier alpha value is -0.530. The number of nitro groups is 1. The van der Waals surface area contributed by atoms with E-state index in [4.69, 9.17) is 0 Å². The fourth-order valence-corrected chi connectivity index (χ4v) is 0.213. The first-order valence-corrected chi connectivity index (χ1v) is 1.64. The summed E-state index contributed by atoms with van der Waals surface area (Å²) in [7, 11) is 0. The van der Waals surface area contributed by atoms with E-state index in [0.29, 0.717) is 0 Å². The van der Waals surface area contributed by atoms with Gasteiger partial charge in [0, 0.05) is 0 Å². The van der Waals surface area contributed by atoms with Crippen LogP contribution in [0.4, 0.5) is 5.95 Å². The predicted octanol–water partition coefficient (Wildman–Crippen LogP) is -4.26. The largest absolute Gasteiger partial charge is 1.00 e. The Bertz CT molecular complexity index is 183. The molecule has 0 fully saturated rings. The summed E-state index contributed by atoms with van der Waals surface area (Å²) < 4.78 is 0. The smallest absolute Gasteiger partial charge is 0.458 e. The molecule has 0 atom stereocenters. The molecule has 0 aliphatic rings. The van der Waals surface area contributed by atoms with Gasteiger partial charge in [0.05, 0.1) is 0 Å². The number of rotatable bonds is 1. The third-order valence-electron chi connectivity index (χ3n) is 0.472. The quantitative estimate of drug-likeness (QED) is 0.221. The first kappa shape index (κ1) is 8.47. The molecular formula is CN5NaO2. The predicted molar refractivity (Wildman–Crippen MR) is 19.8 cm³/mol. The van der Waals surface area contributed by atoms with Crippen molar-refractivity contribution in [1.29, 1.82) is 0 Å². The van der Waals surface area contributed by atoms with E-state index in [2.05, 4.69) is 20.6 Å². The number of nitrogens with zero attached hydrogens (tertiary/aromatic N) is 5. The van der Waals surface area contributed by atoms with Crippen LogP contribution in [-0.4, -0.2) is 20.4 Å². The Labute approximate surface area is 71.3 Å². The molecule has 7 nitrogen and oxygen atoms in total. The van der Waals surface area contributed by atoms with Crippen LogP contribution >= 0.6 is 0 Å². The van der Waals surface area contributed by atoms with Gasteiger partial charge in [0.25, 0.3) is 5.95 Å². The van der Waals surface area contributed by atoms with Crippen LogP contribution in [0.3, 0.4) is 0 Å². The molecule has 1 heterocycles. The minimum absolute atomic E-state index is 0. The van der Waals surface area contributed by atoms with E-state index in [0.717, 1.165) is 0 Å². The van der Waals surface area contributed by atoms with E-state index < -0.39 is 10.9 Å². The summed E-state index contributed by atoms with van der Waals surface area (Å²) in [5, 5.41) is 21.3. The van der Waals surface area contributed by atoms with Crippen LogP contribution in [0.5, 0.6) is 0 Å². The summed E-state index contributed by atoms with van der Waals surface area (Å²) in [5.41, 5.74) is 0. The number of hydrogen-bond acceptors (Lipinski definition) is 5. The second kappa shape index (κ2) is 3.49. The molecule has 42 valence electrons. The molecular weight excluding hydrogens is 137 g/mol. The maximum Gasteiger partial charge on any atom is 1.00 e. The Kier molecular flexibility index (Phi) is 3.28. The van der Waals surface area contributed by atoms with Gasteiger partial charge in [0.1, 0.15) is 0 Å². The fourth-order valence-electron chi connectivity index (χ4n) is 0.213. The molecule has 1 rings (SSSR count). The van der Waals surface area contributed by atoms with Gasteiger partial charge in [-0.15, -0.1) is 0 Å². The molecule has 0 amide bonds. The Morgan fingerprint density at radius 1 is 1.67 bits per heavy atom. The Morgan fingerprint density at radius 3 is 2.56 bits per heavy atom. The van der Waals surface area contributed by atoms with E-state index in [9.17, 15) is 10.1 Å². The van der Waals surface area contributed by atoms with Crippen molar-refractivity contribution < 1.29 is 34.5 Å². The molecule has 1 aromatic heterocycles. The van der Waals surface area contributed by atoms with Gasteiger partial charge < -0.3 is 10.1 Å². The molecule has 0 aliphatic carbocycles. The SMILES string of the molecule is O=[N+]([O-])c1nnn[n-]1.[Na+]. The van der Waals surface area contributed by atoms with E-state index in [1.54, 1.807) is 0 Å². The van der Waals surface area contributed by atoms with Crippen LogP contribution in [0.25, 0.3) is 0 Å². The molecule has 0 unspecified atom stereocenters. The number of tetrazole rings is 1. The van der Waals surface area contributed by atoms with Crippen LogP contribution in [0, 0.1) is 10.1 Å². The zero-order valence-electron chi connectivity index (χ0n) is 4.55. The summed E-state index contributed by atoms with van der Waals surface area (Å²) in [4.78, 5) is 8.90. The van der Waals surface area contributed by atoms with Crippen molar-refractivity contribution in [3.63, 3.8) is 0 Å². The minimum Gasteiger partial charge on any atom is -0.458 e. The van der Waals surface area contributed by atoms with E-state index >= 15 is 0 Å². The third-order valence-corrected chi connectivity index (χ3v) is 0.472. The first-order chi connectivity index (χ1) is 3.80. The molecule has 8 heteroatoms. The average molecular weight is 137 g/mol. The maximum absolute atomic E-state index is 9.66. The van der Waals surface area contributed by atoms with Crippen LogP contribution < -0.4 is 34.7 Å². The topological polar surface area (TPSA) is 95.9 Å². The van der Waals surface area contributed by atoms with Crippen LogP contribution in [0.15, 0.2) is 0 Å². The van der Waals surface area contributed by atoms with Crippen molar-refractivity contribution >= 4 is 5.95 Å². The normalized spacial score (nSPS) is 8.00. The molecule has 0 aliphatic heterocycles. The summed E-state index contributed by atoms with van der Waals surface area (Å²) in [6, 6.07) is 0. The number of aromatic nitrogens is 4. The third kappa shape index (κ3) is 2.04. The van der Waals surface area contributed by atoms with Crippen LogP contribution in [-0.2, 0) is 0 Å². The standard InChI is InChI=1S/CN5O2.Na/c7-6(8)1-2-4-5-3-1;/q-1;+1. The van der Waals surface area contributed by atoms with Gasteiger partial charge in [-0.3, -0.25) is 0 Å². The molecule has 0 spiro atoms. The molecule has 1 aromatic rings. The van der Waals surface area contributed by atoms with Gasteiger partial charge in [0.15, 0.2) is 0 Å². The van der Waals surface area contributed by atoms with Gasteiger partial charge >= 0.3 is 29.6 Å². The van der Waals surface area contributed by atoms with Crippen molar-refractivity contribution in [2.75, 3.05) is 0 Å². The first-order valence-electron chi connectivity index (χ1n) is 1.64. The minimum atomic E-state index is -0.764. The van der Waals surface area contributed by atoms with Crippen molar-refractivity contribution in [3.8, 4) is 0 Å². The molecule has 0 bridgehead atoms. The second-order valence-electron chi connectivity index (χ2n) is 0.936. The maximum atomic E-state index is 9.66. The van der Waals surface area contributed by atoms with E-state index in [1.165, 1.54) is 0 Å². The van der Waals surface area contributed by atoms with Gasteiger partial charge in [-0.2, -0.15) is 4.92 Å². The van der Waals surface area contributed by atoms with Crippen molar-refractivity contribution in [2.45, 2.75) is 0 Å². The summed E-state index contributed by atoms with van der Waals surface area (Å²) in [6.07, 6.45) is 0. The van der Waals surface area contributed by atoms with Crippen molar-refractivity contribution in [2.24, 2.45) is 0 Å². The molecule has 0 radical (unpaired) electrons. The van der Waals surface area contributed by atoms with Gasteiger partial charge in [-0.25, -0.2) is 0 Å². The van der Waals surface area contributed by atoms with Gasteiger partial charge in [-0.1, -0.05) is 10.2 Å². The molecule has 0 saturated carbocycles. The zero-order valence-corrected chi connectivity index (χ0v) is 6.55. The zero-order chi connectivity index (χ0) is 5.98. The summed E-state index contributed by atoms with van der Waals surface area (Å²) in [5.74, 6) is -0.565.